The summed E-state index contributed by atoms with van der Waals surface area (Å²) >= 11 is 1.73. The molecule has 5 rings (SSSR count). The quantitative estimate of drug-likeness (QED) is 0.696. The Kier molecular flexibility index (Phi) is 4.08. The highest BCUT2D eigenvalue weighted by molar-refractivity contribution is 7.12. The number of carbonyl (C=O) groups excluding carboxylic acids is 1. The minimum absolute atomic E-state index is 0.0680. The van der Waals surface area contributed by atoms with Gasteiger partial charge in [-0.25, -0.2) is 4.98 Å². The maximum Gasteiger partial charge on any atom is 0.228 e. The molecule has 0 radical (unpaired) electrons. The molecule has 0 bridgehead atoms. The number of carbonyl (C=O) groups is 1. The van der Waals surface area contributed by atoms with Crippen molar-refractivity contribution in [3.8, 4) is 0 Å². The Morgan fingerprint density at radius 2 is 2.11 bits per heavy atom. The molecule has 1 aliphatic heterocycles. The summed E-state index contributed by atoms with van der Waals surface area (Å²) in [5.74, 6) is 0.819. The lowest BCUT2D eigenvalue weighted by atomic mass is 9.95. The van der Waals surface area contributed by atoms with Crippen molar-refractivity contribution >= 4 is 17.2 Å². The molecular weight excluding hydrogens is 356 g/mol. The zero-order chi connectivity index (χ0) is 18.4. The molecule has 1 atom stereocenters. The second-order valence-corrected chi connectivity index (χ2v) is 8.60. The van der Waals surface area contributed by atoms with Crippen LogP contribution in [0, 0.1) is 6.92 Å². The Morgan fingerprint density at radius 1 is 1.26 bits per heavy atom. The third kappa shape index (κ3) is 3.18. The summed E-state index contributed by atoms with van der Waals surface area (Å²) in [5.41, 5.74) is 3.49. The van der Waals surface area contributed by atoms with Crippen LogP contribution < -0.4 is 0 Å². The zero-order valence-electron chi connectivity index (χ0n) is 15.3. The molecule has 138 valence electrons. The first-order valence-electron chi connectivity index (χ1n) is 9.50. The second kappa shape index (κ2) is 6.60. The van der Waals surface area contributed by atoms with E-state index >= 15 is 0 Å². The van der Waals surface area contributed by atoms with Gasteiger partial charge < -0.3 is 4.90 Å². The fourth-order valence-electron chi connectivity index (χ4n) is 3.83. The van der Waals surface area contributed by atoms with Gasteiger partial charge in [0.25, 0.3) is 0 Å². The monoisotopic (exact) mass is 378 g/mol. The molecule has 6 heteroatoms. The summed E-state index contributed by atoms with van der Waals surface area (Å²) in [4.78, 5) is 20.9. The van der Waals surface area contributed by atoms with Crippen LogP contribution in [0.4, 0.5) is 0 Å². The molecule has 1 aromatic carbocycles. The maximum absolute atomic E-state index is 13.1. The number of thiazole rings is 1. The number of fused-ring (bicyclic) bond motifs is 1. The SMILES string of the molecule is Cc1nc(C2CC2)sc1CC(=O)N1Cc2ccccc2C(n2cccn2)C1. The minimum atomic E-state index is 0.0680. The van der Waals surface area contributed by atoms with E-state index in [4.69, 9.17) is 4.98 Å². The number of aromatic nitrogens is 3. The predicted molar refractivity (Wildman–Crippen MR) is 105 cm³/mol. The molecule has 27 heavy (non-hydrogen) atoms. The van der Waals surface area contributed by atoms with Gasteiger partial charge in [-0.05, 0) is 37.0 Å². The summed E-state index contributed by atoms with van der Waals surface area (Å²) in [7, 11) is 0. The van der Waals surface area contributed by atoms with Gasteiger partial charge >= 0.3 is 0 Å². The Morgan fingerprint density at radius 3 is 2.89 bits per heavy atom. The Balaban J connectivity index is 1.39. The van der Waals surface area contributed by atoms with Gasteiger partial charge in [-0.1, -0.05) is 24.3 Å². The predicted octanol–water partition coefficient (Wildman–Crippen LogP) is 3.70. The normalized spacial score (nSPS) is 19.1. The van der Waals surface area contributed by atoms with Crippen molar-refractivity contribution in [2.75, 3.05) is 6.54 Å². The molecule has 0 N–H and O–H groups in total. The average molecular weight is 379 g/mol. The first kappa shape index (κ1) is 16.7. The van der Waals surface area contributed by atoms with Crippen molar-refractivity contribution in [3.63, 3.8) is 0 Å². The van der Waals surface area contributed by atoms with Gasteiger partial charge in [-0.3, -0.25) is 9.48 Å². The van der Waals surface area contributed by atoms with Crippen LogP contribution in [0.3, 0.4) is 0 Å². The molecule has 2 aliphatic rings. The van der Waals surface area contributed by atoms with E-state index in [9.17, 15) is 4.79 Å². The van der Waals surface area contributed by atoms with Gasteiger partial charge in [0.2, 0.25) is 5.91 Å². The van der Waals surface area contributed by atoms with E-state index in [1.807, 2.05) is 34.8 Å². The van der Waals surface area contributed by atoms with E-state index in [0.29, 0.717) is 25.4 Å². The first-order chi connectivity index (χ1) is 13.2. The fraction of sp³-hybridized carbons (Fsp3) is 0.381. The average Bonchev–Trinajstić information content (AvgIpc) is 3.27. The Hall–Kier alpha value is -2.47. The van der Waals surface area contributed by atoms with E-state index in [2.05, 4.69) is 23.3 Å². The molecular formula is C21H22N4OS. The van der Waals surface area contributed by atoms with E-state index in [1.54, 1.807) is 17.5 Å². The topological polar surface area (TPSA) is 51.0 Å². The molecule has 5 nitrogen and oxygen atoms in total. The van der Waals surface area contributed by atoms with Crippen LogP contribution in [-0.2, 0) is 17.8 Å². The highest BCUT2D eigenvalue weighted by Crippen LogP contribution is 2.42. The van der Waals surface area contributed by atoms with Crippen LogP contribution in [0.1, 0.15) is 51.5 Å². The smallest absolute Gasteiger partial charge is 0.228 e. The van der Waals surface area contributed by atoms with Crippen molar-refractivity contribution in [2.45, 2.75) is 44.7 Å². The van der Waals surface area contributed by atoms with Crippen molar-refractivity contribution in [3.05, 3.63) is 69.4 Å². The van der Waals surface area contributed by atoms with Gasteiger partial charge in [0.1, 0.15) is 0 Å². The Bertz CT molecular complexity index is 974. The summed E-state index contributed by atoms with van der Waals surface area (Å²) in [6.45, 7) is 3.36. The number of hydrogen-bond donors (Lipinski definition) is 0. The van der Waals surface area contributed by atoms with E-state index in [0.717, 1.165) is 10.6 Å². The van der Waals surface area contributed by atoms with Gasteiger partial charge in [0.15, 0.2) is 0 Å². The second-order valence-electron chi connectivity index (χ2n) is 7.49. The van der Waals surface area contributed by atoms with Gasteiger partial charge in [0, 0.05) is 36.3 Å². The third-order valence-corrected chi connectivity index (χ3v) is 6.83. The van der Waals surface area contributed by atoms with E-state index in [-0.39, 0.29) is 11.9 Å². The summed E-state index contributed by atoms with van der Waals surface area (Å²) in [6.07, 6.45) is 6.71. The van der Waals surface area contributed by atoms with Crippen LogP contribution in [0.5, 0.6) is 0 Å². The molecule has 1 unspecified atom stereocenters. The molecule has 0 saturated heterocycles. The number of amides is 1. The number of benzene rings is 1. The van der Waals surface area contributed by atoms with Crippen molar-refractivity contribution in [2.24, 2.45) is 0 Å². The first-order valence-corrected chi connectivity index (χ1v) is 10.3. The lowest BCUT2D eigenvalue weighted by molar-refractivity contribution is -0.131. The molecule has 0 spiro atoms. The van der Waals surface area contributed by atoms with Crippen molar-refractivity contribution in [1.29, 1.82) is 0 Å². The number of rotatable bonds is 4. The summed E-state index contributed by atoms with van der Waals surface area (Å²) < 4.78 is 1.96. The largest absolute Gasteiger partial charge is 0.336 e. The lowest BCUT2D eigenvalue weighted by Crippen LogP contribution is -2.41. The van der Waals surface area contributed by atoms with Crippen molar-refractivity contribution < 1.29 is 4.79 Å². The van der Waals surface area contributed by atoms with Crippen molar-refractivity contribution in [1.82, 2.24) is 19.7 Å². The van der Waals surface area contributed by atoms with E-state index < -0.39 is 0 Å². The fourth-order valence-corrected chi connectivity index (χ4v) is 5.06. The maximum atomic E-state index is 13.1. The molecule has 2 aromatic heterocycles. The molecule has 3 aromatic rings. The number of nitrogens with zero attached hydrogens (tertiary/aromatic N) is 4. The summed E-state index contributed by atoms with van der Waals surface area (Å²) in [5, 5.41) is 5.65. The number of hydrogen-bond acceptors (Lipinski definition) is 4. The Labute approximate surface area is 162 Å². The van der Waals surface area contributed by atoms with Crippen LogP contribution in [0.15, 0.2) is 42.7 Å². The molecule has 3 heterocycles. The molecule has 1 amide bonds. The highest BCUT2D eigenvalue weighted by Gasteiger charge is 2.31. The van der Waals surface area contributed by atoms with Crippen LogP contribution in [-0.4, -0.2) is 32.1 Å². The summed E-state index contributed by atoms with van der Waals surface area (Å²) in [6, 6.07) is 10.4. The van der Waals surface area contributed by atoms with Gasteiger partial charge in [-0.15, -0.1) is 11.3 Å². The zero-order valence-corrected chi connectivity index (χ0v) is 16.2. The van der Waals surface area contributed by atoms with E-state index in [1.165, 1.54) is 29.0 Å². The van der Waals surface area contributed by atoms with Crippen LogP contribution in [0.25, 0.3) is 0 Å². The molecule has 1 saturated carbocycles. The van der Waals surface area contributed by atoms with Gasteiger partial charge in [0.05, 0.1) is 23.2 Å². The van der Waals surface area contributed by atoms with Crippen LogP contribution in [0.2, 0.25) is 0 Å². The molecule has 1 fully saturated rings. The third-order valence-electron chi connectivity index (χ3n) is 5.51. The molecule has 1 aliphatic carbocycles. The standard InChI is InChI=1S/C21H22N4OS/c1-14-19(27-21(23-14)15-7-8-15)11-20(26)24-12-16-5-2-3-6-17(16)18(13-24)25-10-4-9-22-25/h2-6,9-10,15,18H,7-8,11-13H2,1H3. The number of aryl methyl sites for hydroxylation is 1. The lowest BCUT2D eigenvalue weighted by Gasteiger charge is -2.35. The van der Waals surface area contributed by atoms with Crippen LogP contribution >= 0.6 is 11.3 Å². The minimum Gasteiger partial charge on any atom is -0.336 e. The van der Waals surface area contributed by atoms with Gasteiger partial charge in [-0.2, -0.15) is 5.10 Å². The highest BCUT2D eigenvalue weighted by atomic mass is 32.1.